The number of carbonyl (C=O) groups is 1. The summed E-state index contributed by atoms with van der Waals surface area (Å²) in [6, 6.07) is 11.6. The Morgan fingerprint density at radius 1 is 1.28 bits per heavy atom. The molecule has 3 rings (SSSR count). The van der Waals surface area contributed by atoms with E-state index in [1.54, 1.807) is 30.4 Å². The Kier molecular flexibility index (Phi) is 5.45. The second kappa shape index (κ2) is 7.94. The van der Waals surface area contributed by atoms with Gasteiger partial charge in [-0.25, -0.2) is 0 Å². The maximum absolute atomic E-state index is 12.3. The lowest BCUT2D eigenvalue weighted by Crippen LogP contribution is -2.26. The van der Waals surface area contributed by atoms with Crippen LogP contribution in [-0.2, 0) is 17.8 Å². The van der Waals surface area contributed by atoms with Crippen LogP contribution >= 0.6 is 11.3 Å². The van der Waals surface area contributed by atoms with Gasteiger partial charge in [-0.15, -0.1) is 11.3 Å². The number of ether oxygens (including phenoxy) is 1. The van der Waals surface area contributed by atoms with Crippen molar-refractivity contribution < 1.29 is 14.1 Å². The number of carbonyl (C=O) groups excluding carboxylic acids is 1. The number of amides is 1. The minimum atomic E-state index is 0.0340. The third kappa shape index (κ3) is 4.45. The van der Waals surface area contributed by atoms with Gasteiger partial charge in [0.1, 0.15) is 5.75 Å². The Labute approximate surface area is 150 Å². The largest absolute Gasteiger partial charge is 0.497 e. The third-order valence-corrected chi connectivity index (χ3v) is 4.63. The fraction of sp³-hybridized carbons (Fsp3) is 0.278. The van der Waals surface area contributed by atoms with Gasteiger partial charge in [-0.1, -0.05) is 23.4 Å². The fourth-order valence-corrected chi connectivity index (χ4v) is 3.01. The van der Waals surface area contributed by atoms with Crippen molar-refractivity contribution >= 4 is 17.2 Å². The van der Waals surface area contributed by atoms with Gasteiger partial charge in [0.05, 0.1) is 12.0 Å². The number of rotatable bonds is 7. The topological polar surface area (TPSA) is 68.5 Å². The normalized spacial score (nSPS) is 10.6. The quantitative estimate of drug-likeness (QED) is 0.648. The van der Waals surface area contributed by atoms with E-state index in [9.17, 15) is 4.79 Å². The van der Waals surface area contributed by atoms with Crippen LogP contribution in [0.2, 0.25) is 0 Å². The van der Waals surface area contributed by atoms with Crippen LogP contribution in [0.4, 0.5) is 0 Å². The maximum Gasteiger partial charge on any atom is 0.227 e. The zero-order chi connectivity index (χ0) is 17.6. The first-order valence-electron chi connectivity index (χ1n) is 7.89. The average molecular weight is 357 g/mol. The van der Waals surface area contributed by atoms with Gasteiger partial charge in [0.25, 0.3) is 0 Å². The molecule has 1 aromatic carbocycles. The molecule has 0 aliphatic carbocycles. The molecule has 0 N–H and O–H groups in total. The highest BCUT2D eigenvalue weighted by molar-refractivity contribution is 7.13. The standard InChI is InChI=1S/C18H19N3O3S/c1-21(12-13-5-7-14(23-2)8-6-13)17(22)10-9-16-19-18(20-24-16)15-4-3-11-25-15/h3-8,11H,9-10,12H2,1-2H3. The summed E-state index contributed by atoms with van der Waals surface area (Å²) in [7, 11) is 3.42. The van der Waals surface area contributed by atoms with E-state index in [1.807, 2.05) is 41.8 Å². The fourth-order valence-electron chi connectivity index (χ4n) is 2.36. The first-order chi connectivity index (χ1) is 12.2. The first kappa shape index (κ1) is 17.2. The molecule has 6 nitrogen and oxygen atoms in total. The maximum atomic E-state index is 12.3. The Morgan fingerprint density at radius 2 is 2.08 bits per heavy atom. The van der Waals surface area contributed by atoms with E-state index in [0.29, 0.717) is 31.1 Å². The predicted octanol–water partition coefficient (Wildman–Crippen LogP) is 3.40. The molecular weight excluding hydrogens is 338 g/mol. The summed E-state index contributed by atoms with van der Waals surface area (Å²) in [4.78, 5) is 19.3. The van der Waals surface area contributed by atoms with Crippen molar-refractivity contribution in [2.45, 2.75) is 19.4 Å². The summed E-state index contributed by atoms with van der Waals surface area (Å²) in [5.41, 5.74) is 1.05. The second-order valence-corrected chi connectivity index (χ2v) is 6.53. The average Bonchev–Trinajstić information content (AvgIpc) is 3.31. The van der Waals surface area contributed by atoms with Crippen LogP contribution in [0.5, 0.6) is 5.75 Å². The zero-order valence-electron chi connectivity index (χ0n) is 14.1. The van der Waals surface area contributed by atoms with E-state index in [-0.39, 0.29) is 5.91 Å². The van der Waals surface area contributed by atoms with Crippen molar-refractivity contribution in [1.82, 2.24) is 15.0 Å². The number of hydrogen-bond donors (Lipinski definition) is 0. The van der Waals surface area contributed by atoms with Gasteiger partial charge >= 0.3 is 0 Å². The SMILES string of the molecule is COc1ccc(CN(C)C(=O)CCc2nc(-c3cccs3)no2)cc1. The van der Waals surface area contributed by atoms with Crippen LogP contribution in [0.15, 0.2) is 46.3 Å². The number of nitrogens with zero attached hydrogens (tertiary/aromatic N) is 3. The van der Waals surface area contributed by atoms with Crippen LogP contribution in [0, 0.1) is 0 Å². The van der Waals surface area contributed by atoms with Gasteiger partial charge < -0.3 is 14.2 Å². The van der Waals surface area contributed by atoms with Crippen molar-refractivity contribution in [3.63, 3.8) is 0 Å². The number of aromatic nitrogens is 2. The zero-order valence-corrected chi connectivity index (χ0v) is 15.0. The van der Waals surface area contributed by atoms with Gasteiger partial charge in [-0.05, 0) is 29.1 Å². The lowest BCUT2D eigenvalue weighted by Gasteiger charge is -2.17. The number of aryl methyl sites for hydroxylation is 1. The number of methoxy groups -OCH3 is 1. The minimum Gasteiger partial charge on any atom is -0.497 e. The molecule has 0 saturated heterocycles. The van der Waals surface area contributed by atoms with Gasteiger partial charge in [-0.2, -0.15) is 4.98 Å². The number of benzene rings is 1. The summed E-state index contributed by atoms with van der Waals surface area (Å²) >= 11 is 1.55. The molecule has 130 valence electrons. The van der Waals surface area contributed by atoms with Gasteiger partial charge in [0.2, 0.25) is 17.6 Å². The van der Waals surface area contributed by atoms with Crippen LogP contribution in [0.25, 0.3) is 10.7 Å². The van der Waals surface area contributed by atoms with Crippen molar-refractivity contribution in [2.24, 2.45) is 0 Å². The molecule has 1 amide bonds. The smallest absolute Gasteiger partial charge is 0.227 e. The molecule has 2 aromatic heterocycles. The molecule has 0 radical (unpaired) electrons. The molecule has 0 spiro atoms. The summed E-state index contributed by atoms with van der Waals surface area (Å²) in [6.45, 7) is 0.549. The first-order valence-corrected chi connectivity index (χ1v) is 8.77. The summed E-state index contributed by atoms with van der Waals surface area (Å²) in [6.07, 6.45) is 0.767. The number of hydrogen-bond acceptors (Lipinski definition) is 6. The molecule has 0 unspecified atom stereocenters. The molecule has 0 atom stereocenters. The van der Waals surface area contributed by atoms with E-state index in [1.165, 1.54) is 0 Å². The minimum absolute atomic E-state index is 0.0340. The van der Waals surface area contributed by atoms with Crippen LogP contribution in [-0.4, -0.2) is 35.1 Å². The molecule has 0 saturated carbocycles. The molecule has 0 bridgehead atoms. The highest BCUT2D eigenvalue weighted by Gasteiger charge is 2.14. The molecule has 2 heterocycles. The van der Waals surface area contributed by atoms with Gasteiger partial charge in [0.15, 0.2) is 0 Å². The summed E-state index contributed by atoms with van der Waals surface area (Å²) in [5, 5.41) is 5.91. The van der Waals surface area contributed by atoms with E-state index in [2.05, 4.69) is 10.1 Å². The molecule has 0 fully saturated rings. The van der Waals surface area contributed by atoms with Crippen molar-refractivity contribution in [3.05, 3.63) is 53.2 Å². The Morgan fingerprint density at radius 3 is 2.76 bits per heavy atom. The Balaban J connectivity index is 1.51. The predicted molar refractivity (Wildman–Crippen MR) is 95.4 cm³/mol. The molecule has 3 aromatic rings. The monoisotopic (exact) mass is 357 g/mol. The Bertz CT molecular complexity index is 812. The molecule has 0 aliphatic heterocycles. The third-order valence-electron chi connectivity index (χ3n) is 3.77. The molecular formula is C18H19N3O3S. The van der Waals surface area contributed by atoms with Crippen molar-refractivity contribution in [2.75, 3.05) is 14.2 Å². The van der Waals surface area contributed by atoms with Gasteiger partial charge in [-0.3, -0.25) is 4.79 Å². The van der Waals surface area contributed by atoms with Crippen LogP contribution in [0.1, 0.15) is 17.9 Å². The van der Waals surface area contributed by atoms with E-state index >= 15 is 0 Å². The highest BCUT2D eigenvalue weighted by atomic mass is 32.1. The van der Waals surface area contributed by atoms with E-state index in [4.69, 9.17) is 9.26 Å². The summed E-state index contributed by atoms with van der Waals surface area (Å²) < 4.78 is 10.4. The molecule has 25 heavy (non-hydrogen) atoms. The van der Waals surface area contributed by atoms with Gasteiger partial charge in [0, 0.05) is 26.4 Å². The highest BCUT2D eigenvalue weighted by Crippen LogP contribution is 2.21. The number of thiophene rings is 1. The lowest BCUT2D eigenvalue weighted by molar-refractivity contribution is -0.130. The molecule has 7 heteroatoms. The second-order valence-electron chi connectivity index (χ2n) is 5.59. The van der Waals surface area contributed by atoms with Crippen LogP contribution in [0.3, 0.4) is 0 Å². The summed E-state index contributed by atoms with van der Waals surface area (Å²) in [5.74, 6) is 1.89. The van der Waals surface area contributed by atoms with Crippen molar-refractivity contribution in [3.8, 4) is 16.5 Å². The van der Waals surface area contributed by atoms with E-state index < -0.39 is 0 Å². The lowest BCUT2D eigenvalue weighted by atomic mass is 10.2. The van der Waals surface area contributed by atoms with Crippen LogP contribution < -0.4 is 4.74 Å². The van der Waals surface area contributed by atoms with E-state index in [0.717, 1.165) is 16.2 Å². The van der Waals surface area contributed by atoms with Crippen molar-refractivity contribution in [1.29, 1.82) is 0 Å². The Hall–Kier alpha value is -2.67. The molecule has 0 aliphatic rings.